The van der Waals surface area contributed by atoms with Crippen molar-refractivity contribution in [1.29, 1.82) is 0 Å². The first-order valence-corrected chi connectivity index (χ1v) is 12.8. The number of halogens is 5. The van der Waals surface area contributed by atoms with E-state index < -0.39 is 40.8 Å². The third kappa shape index (κ3) is 6.51. The Labute approximate surface area is 199 Å². The summed E-state index contributed by atoms with van der Waals surface area (Å²) in [5.74, 6) is 0.980. The van der Waals surface area contributed by atoms with Crippen LogP contribution in [0.1, 0.15) is 112 Å². The molecule has 0 aliphatic heterocycles. The van der Waals surface area contributed by atoms with Gasteiger partial charge >= 0.3 is 6.18 Å². The van der Waals surface area contributed by atoms with Crippen molar-refractivity contribution in [3.05, 3.63) is 28.8 Å². The molecule has 34 heavy (non-hydrogen) atoms. The molecule has 0 amide bonds. The molecule has 0 saturated heterocycles. The molecule has 0 bridgehead atoms. The third-order valence-electron chi connectivity index (χ3n) is 7.93. The topological polar surface area (TPSA) is 26.3 Å². The van der Waals surface area contributed by atoms with Crippen LogP contribution in [-0.2, 0) is 6.18 Å². The van der Waals surface area contributed by atoms with Gasteiger partial charge in [0.15, 0.2) is 5.78 Å². The zero-order valence-electron chi connectivity index (χ0n) is 20.2. The van der Waals surface area contributed by atoms with Crippen LogP contribution in [0.3, 0.4) is 0 Å². The van der Waals surface area contributed by atoms with Crippen LogP contribution >= 0.6 is 0 Å². The molecule has 0 heterocycles. The van der Waals surface area contributed by atoms with Crippen molar-refractivity contribution in [2.24, 2.45) is 23.7 Å². The highest BCUT2D eigenvalue weighted by atomic mass is 19.4. The van der Waals surface area contributed by atoms with Crippen molar-refractivity contribution in [2.45, 2.75) is 97.1 Å². The monoisotopic (exact) mass is 488 g/mol. The van der Waals surface area contributed by atoms with E-state index in [4.69, 9.17) is 4.74 Å². The lowest BCUT2D eigenvalue weighted by atomic mass is 9.68. The minimum Gasteiger partial charge on any atom is -0.493 e. The molecule has 3 rings (SSSR count). The van der Waals surface area contributed by atoms with Gasteiger partial charge in [0.2, 0.25) is 0 Å². The van der Waals surface area contributed by atoms with E-state index in [0.717, 1.165) is 49.7 Å². The Kier molecular flexibility index (Phi) is 9.39. The highest BCUT2D eigenvalue weighted by molar-refractivity contribution is 5.98. The predicted octanol–water partition coefficient (Wildman–Crippen LogP) is 9.03. The van der Waals surface area contributed by atoms with Gasteiger partial charge in [0.05, 0.1) is 6.61 Å². The van der Waals surface area contributed by atoms with Crippen LogP contribution in [0.25, 0.3) is 0 Å². The fraction of sp³-hybridized carbons (Fsp3) is 0.741. The lowest BCUT2D eigenvalue weighted by Crippen LogP contribution is -2.26. The van der Waals surface area contributed by atoms with Gasteiger partial charge in [-0.15, -0.1) is 0 Å². The van der Waals surface area contributed by atoms with Crippen LogP contribution in [0.2, 0.25) is 0 Å². The summed E-state index contributed by atoms with van der Waals surface area (Å²) in [4.78, 5) is 12.9. The van der Waals surface area contributed by atoms with Crippen LogP contribution in [-0.4, -0.2) is 12.4 Å². The van der Waals surface area contributed by atoms with E-state index in [1.54, 1.807) is 0 Å². The molecule has 2 nitrogen and oxygen atoms in total. The fourth-order valence-corrected chi connectivity index (χ4v) is 6.23. The van der Waals surface area contributed by atoms with E-state index in [1.165, 1.54) is 45.4 Å². The Hall–Kier alpha value is -1.66. The number of hydrogen-bond acceptors (Lipinski definition) is 2. The molecule has 0 atom stereocenters. The number of Topliss-reactive ketones (excluding diaryl/α,β-unsaturated/α-hetero) is 1. The molecule has 2 aliphatic rings. The van der Waals surface area contributed by atoms with Gasteiger partial charge in [0.25, 0.3) is 6.43 Å². The molecule has 0 unspecified atom stereocenters. The van der Waals surface area contributed by atoms with Crippen molar-refractivity contribution < 1.29 is 31.5 Å². The minimum absolute atomic E-state index is 0.0148. The zero-order chi connectivity index (χ0) is 24.9. The minimum atomic E-state index is -5.04. The second-order valence-corrected chi connectivity index (χ2v) is 10.1. The molecular weight excluding hydrogens is 451 g/mol. The number of carbonyl (C=O) groups excluding carboxylic acids is 1. The van der Waals surface area contributed by atoms with Gasteiger partial charge in [-0.1, -0.05) is 32.6 Å². The SMILES string of the molecule is CCCC1CCC(C2CCC(CC(=O)c3ccc(OCC)c(C(F)(F)F)c3C(F)F)CC2)CC1. The average Bonchev–Trinajstić information content (AvgIpc) is 2.79. The van der Waals surface area contributed by atoms with Crippen LogP contribution in [0.5, 0.6) is 5.75 Å². The lowest BCUT2D eigenvalue weighted by molar-refractivity contribution is -0.140. The van der Waals surface area contributed by atoms with E-state index in [9.17, 15) is 26.7 Å². The zero-order valence-corrected chi connectivity index (χ0v) is 20.2. The van der Waals surface area contributed by atoms with Crippen LogP contribution in [0.4, 0.5) is 22.0 Å². The largest absolute Gasteiger partial charge is 0.493 e. The first kappa shape index (κ1) is 26.9. The van der Waals surface area contributed by atoms with Crippen molar-refractivity contribution in [3.8, 4) is 5.75 Å². The summed E-state index contributed by atoms with van der Waals surface area (Å²) < 4.78 is 73.5. The number of carbonyl (C=O) groups is 1. The number of alkyl halides is 5. The number of ether oxygens (including phenoxy) is 1. The summed E-state index contributed by atoms with van der Waals surface area (Å²) >= 11 is 0. The normalized spacial score (nSPS) is 26.0. The molecule has 0 radical (unpaired) electrons. The van der Waals surface area contributed by atoms with Crippen LogP contribution in [0.15, 0.2) is 12.1 Å². The summed E-state index contributed by atoms with van der Waals surface area (Å²) in [5.41, 5.74) is -3.30. The molecule has 0 aromatic heterocycles. The van der Waals surface area contributed by atoms with E-state index in [2.05, 4.69) is 6.92 Å². The Bertz CT molecular complexity index is 804. The van der Waals surface area contributed by atoms with Gasteiger partial charge in [-0.3, -0.25) is 4.79 Å². The number of hydrogen-bond donors (Lipinski definition) is 0. The second kappa shape index (κ2) is 11.9. The highest BCUT2D eigenvalue weighted by Gasteiger charge is 2.42. The molecule has 2 fully saturated rings. The third-order valence-corrected chi connectivity index (χ3v) is 7.93. The first-order valence-electron chi connectivity index (χ1n) is 12.8. The van der Waals surface area contributed by atoms with E-state index >= 15 is 0 Å². The second-order valence-electron chi connectivity index (χ2n) is 10.1. The Morgan fingerprint density at radius 2 is 1.50 bits per heavy atom. The summed E-state index contributed by atoms with van der Waals surface area (Å²) in [5, 5.41) is 0. The van der Waals surface area contributed by atoms with Gasteiger partial charge in [-0.05, 0) is 81.3 Å². The predicted molar refractivity (Wildman–Crippen MR) is 122 cm³/mol. The number of benzene rings is 1. The average molecular weight is 489 g/mol. The van der Waals surface area contributed by atoms with Gasteiger partial charge in [0, 0.05) is 17.5 Å². The Morgan fingerprint density at radius 1 is 0.941 bits per heavy atom. The quantitative estimate of drug-likeness (QED) is 0.256. The maximum Gasteiger partial charge on any atom is 0.420 e. The Balaban J connectivity index is 1.65. The summed E-state index contributed by atoms with van der Waals surface area (Å²) in [6.45, 7) is 3.62. The molecule has 1 aromatic rings. The van der Waals surface area contributed by atoms with E-state index in [0.29, 0.717) is 5.92 Å². The van der Waals surface area contributed by atoms with E-state index in [-0.39, 0.29) is 18.9 Å². The van der Waals surface area contributed by atoms with Gasteiger partial charge in [-0.25, -0.2) is 8.78 Å². The molecule has 2 aliphatic carbocycles. The van der Waals surface area contributed by atoms with Crippen molar-refractivity contribution in [1.82, 2.24) is 0 Å². The summed E-state index contributed by atoms with van der Waals surface area (Å²) in [7, 11) is 0. The smallest absolute Gasteiger partial charge is 0.420 e. The molecular formula is C27H37F5O2. The maximum absolute atomic E-state index is 13.8. The molecule has 0 N–H and O–H groups in total. The molecule has 0 spiro atoms. The van der Waals surface area contributed by atoms with Gasteiger partial charge < -0.3 is 4.74 Å². The van der Waals surface area contributed by atoms with E-state index in [1.807, 2.05) is 0 Å². The van der Waals surface area contributed by atoms with Crippen molar-refractivity contribution in [3.63, 3.8) is 0 Å². The van der Waals surface area contributed by atoms with Crippen molar-refractivity contribution >= 4 is 5.78 Å². The van der Waals surface area contributed by atoms with Crippen molar-refractivity contribution in [2.75, 3.05) is 6.61 Å². The highest BCUT2D eigenvalue weighted by Crippen LogP contribution is 2.46. The van der Waals surface area contributed by atoms with Gasteiger partial charge in [0.1, 0.15) is 11.3 Å². The van der Waals surface area contributed by atoms with Crippen LogP contribution in [0, 0.1) is 23.7 Å². The number of rotatable bonds is 9. The van der Waals surface area contributed by atoms with Gasteiger partial charge in [-0.2, -0.15) is 13.2 Å². The standard InChI is InChI=1S/C27H37F5O2/c1-3-5-17-6-10-19(11-7-17)20-12-8-18(9-13-20)16-22(33)21-14-15-23(34-4-2)25(27(30,31)32)24(21)26(28)29/h14-15,17-20,26H,3-13,16H2,1-2H3. The Morgan fingerprint density at radius 3 is 1.97 bits per heavy atom. The number of ketones is 1. The maximum atomic E-state index is 13.8. The van der Waals surface area contributed by atoms with Crippen LogP contribution < -0.4 is 4.74 Å². The molecule has 2 saturated carbocycles. The summed E-state index contributed by atoms with van der Waals surface area (Å²) in [6.07, 6.45) is 2.92. The molecule has 1 aromatic carbocycles. The fourth-order valence-electron chi connectivity index (χ4n) is 6.23. The molecule has 7 heteroatoms. The molecule has 192 valence electrons. The first-order chi connectivity index (χ1) is 16.2. The summed E-state index contributed by atoms with van der Waals surface area (Å²) in [6, 6.07) is 2.07. The lowest BCUT2D eigenvalue weighted by Gasteiger charge is -2.38.